The summed E-state index contributed by atoms with van der Waals surface area (Å²) in [6.45, 7) is 0.319. The molecule has 1 fully saturated rings. The molecule has 3 N–H and O–H groups in total. The summed E-state index contributed by atoms with van der Waals surface area (Å²) in [6.07, 6.45) is 2.94. The zero-order valence-electron chi connectivity index (χ0n) is 14.5. The average Bonchev–Trinajstić information content (AvgIpc) is 2.62. The summed E-state index contributed by atoms with van der Waals surface area (Å²) in [5.41, 5.74) is 0.0140. The molecule has 8 heteroatoms. The van der Waals surface area contributed by atoms with E-state index in [-0.39, 0.29) is 15.8 Å². The fraction of sp³-hybridized carbons (Fsp3) is 0.263. The lowest BCUT2D eigenvalue weighted by molar-refractivity contribution is 0.245. The molecule has 1 heterocycles. The monoisotopic (exact) mass is 385 g/mol. The number of nitrogens with one attached hydrogen (secondary N) is 3. The Bertz CT molecular complexity index is 1210. The summed E-state index contributed by atoms with van der Waals surface area (Å²) >= 11 is 0. The van der Waals surface area contributed by atoms with E-state index in [0.29, 0.717) is 12.1 Å². The third-order valence-electron chi connectivity index (χ3n) is 5.30. The van der Waals surface area contributed by atoms with Gasteiger partial charge in [-0.2, -0.15) is 0 Å². The minimum atomic E-state index is -3.76. The number of benzene rings is 2. The number of aromatic amines is 2. The number of hydrogen-bond acceptors (Lipinski definition) is 4. The Morgan fingerprint density at radius 2 is 1.59 bits per heavy atom. The van der Waals surface area contributed by atoms with E-state index in [1.807, 2.05) is 30.3 Å². The second-order valence-electron chi connectivity index (χ2n) is 6.94. The quantitative estimate of drug-likeness (QED) is 0.579. The van der Waals surface area contributed by atoms with Gasteiger partial charge in [-0.25, -0.2) is 13.1 Å². The summed E-state index contributed by atoms with van der Waals surface area (Å²) in [4.78, 5) is 27.7. The highest BCUT2D eigenvalue weighted by atomic mass is 32.2. The van der Waals surface area contributed by atoms with Gasteiger partial charge in [0.15, 0.2) is 0 Å². The summed E-state index contributed by atoms with van der Waals surface area (Å²) < 4.78 is 28.3. The van der Waals surface area contributed by atoms with Crippen molar-refractivity contribution in [3.8, 4) is 0 Å². The molecule has 27 heavy (non-hydrogen) atoms. The standard InChI is InChI=1S/C19H19N3O4S/c23-17-18(24)22-16-11-14(7-8-15(16)21-17)27(25,26)20-12-19(9-4-10-19)13-5-2-1-3-6-13/h1-3,5-8,11,20H,4,9-10,12H2,(H,21,23)(H,22,24). The zero-order chi connectivity index (χ0) is 19.1. The van der Waals surface area contributed by atoms with Crippen LogP contribution < -0.4 is 15.8 Å². The first-order chi connectivity index (χ1) is 12.9. The highest BCUT2D eigenvalue weighted by molar-refractivity contribution is 7.89. The van der Waals surface area contributed by atoms with Crippen molar-refractivity contribution in [2.24, 2.45) is 0 Å². The number of rotatable bonds is 5. The highest BCUT2D eigenvalue weighted by Gasteiger charge is 2.39. The Morgan fingerprint density at radius 1 is 0.926 bits per heavy atom. The summed E-state index contributed by atoms with van der Waals surface area (Å²) in [7, 11) is -3.76. The van der Waals surface area contributed by atoms with Crippen LogP contribution in [-0.2, 0) is 15.4 Å². The highest BCUT2D eigenvalue weighted by Crippen LogP contribution is 2.43. The molecular weight excluding hydrogens is 366 g/mol. The molecule has 0 spiro atoms. The minimum Gasteiger partial charge on any atom is -0.316 e. The smallest absolute Gasteiger partial charge is 0.314 e. The molecule has 1 aliphatic rings. The predicted octanol–water partition coefficient (Wildman–Crippen LogP) is 1.62. The number of fused-ring (bicyclic) bond motifs is 1. The number of sulfonamides is 1. The van der Waals surface area contributed by atoms with Gasteiger partial charge in [-0.3, -0.25) is 9.59 Å². The van der Waals surface area contributed by atoms with E-state index in [2.05, 4.69) is 14.7 Å². The van der Waals surface area contributed by atoms with Gasteiger partial charge in [-0.1, -0.05) is 36.8 Å². The maximum Gasteiger partial charge on any atom is 0.314 e. The SMILES string of the molecule is O=c1[nH]c2ccc(S(=O)(=O)NCC3(c4ccccc4)CCC3)cc2[nH]c1=O. The fourth-order valence-electron chi connectivity index (χ4n) is 3.54. The van der Waals surface area contributed by atoms with Gasteiger partial charge in [0.1, 0.15) is 0 Å². The van der Waals surface area contributed by atoms with Gasteiger partial charge in [-0.15, -0.1) is 0 Å². The van der Waals surface area contributed by atoms with E-state index < -0.39 is 21.1 Å². The van der Waals surface area contributed by atoms with Gasteiger partial charge in [0.2, 0.25) is 10.0 Å². The normalized spacial score (nSPS) is 16.1. The van der Waals surface area contributed by atoms with Gasteiger partial charge in [0, 0.05) is 12.0 Å². The van der Waals surface area contributed by atoms with Crippen LogP contribution in [0.25, 0.3) is 11.0 Å². The number of aromatic nitrogens is 2. The molecule has 0 aliphatic heterocycles. The number of hydrogen-bond donors (Lipinski definition) is 3. The van der Waals surface area contributed by atoms with Gasteiger partial charge < -0.3 is 9.97 Å². The second kappa shape index (κ2) is 6.47. The molecule has 2 aromatic carbocycles. The van der Waals surface area contributed by atoms with E-state index in [9.17, 15) is 18.0 Å². The number of H-pyrrole nitrogens is 2. The Balaban J connectivity index is 1.62. The molecule has 1 saturated carbocycles. The summed E-state index contributed by atoms with van der Waals surface area (Å²) in [6, 6.07) is 14.2. The van der Waals surface area contributed by atoms with Crippen LogP contribution in [0.4, 0.5) is 0 Å². The van der Waals surface area contributed by atoms with E-state index in [1.54, 1.807) is 0 Å². The van der Waals surface area contributed by atoms with E-state index in [0.717, 1.165) is 24.8 Å². The summed E-state index contributed by atoms with van der Waals surface area (Å²) in [5, 5.41) is 0. The Hall–Kier alpha value is -2.71. The van der Waals surface area contributed by atoms with Crippen LogP contribution >= 0.6 is 0 Å². The molecule has 140 valence electrons. The van der Waals surface area contributed by atoms with Crippen LogP contribution in [0.5, 0.6) is 0 Å². The van der Waals surface area contributed by atoms with Crippen molar-refractivity contribution in [1.82, 2.24) is 14.7 Å². The largest absolute Gasteiger partial charge is 0.316 e. The van der Waals surface area contributed by atoms with Gasteiger partial charge in [-0.05, 0) is 36.6 Å². The lowest BCUT2D eigenvalue weighted by atomic mass is 9.64. The van der Waals surface area contributed by atoms with Crippen molar-refractivity contribution < 1.29 is 8.42 Å². The van der Waals surface area contributed by atoms with Crippen molar-refractivity contribution in [1.29, 1.82) is 0 Å². The molecule has 4 rings (SSSR count). The fourth-order valence-corrected chi connectivity index (χ4v) is 4.69. The van der Waals surface area contributed by atoms with Crippen LogP contribution in [0.3, 0.4) is 0 Å². The molecule has 0 amide bonds. The Labute approximate surface area is 155 Å². The van der Waals surface area contributed by atoms with Gasteiger partial charge in [0.05, 0.1) is 15.9 Å². The van der Waals surface area contributed by atoms with Crippen LogP contribution in [0.15, 0.2) is 63.0 Å². The van der Waals surface area contributed by atoms with Gasteiger partial charge >= 0.3 is 11.1 Å². The summed E-state index contributed by atoms with van der Waals surface area (Å²) in [5.74, 6) is 0. The molecule has 0 bridgehead atoms. The molecule has 0 radical (unpaired) electrons. The molecule has 0 saturated heterocycles. The average molecular weight is 385 g/mol. The third kappa shape index (κ3) is 3.22. The molecular formula is C19H19N3O4S. The molecule has 0 atom stereocenters. The maximum absolute atomic E-state index is 12.8. The second-order valence-corrected chi connectivity index (χ2v) is 8.71. The Morgan fingerprint density at radius 3 is 2.22 bits per heavy atom. The van der Waals surface area contributed by atoms with Crippen LogP contribution in [-0.4, -0.2) is 24.9 Å². The lowest BCUT2D eigenvalue weighted by Crippen LogP contribution is -2.45. The van der Waals surface area contributed by atoms with E-state index in [4.69, 9.17) is 0 Å². The van der Waals surface area contributed by atoms with E-state index in [1.165, 1.54) is 18.2 Å². The minimum absolute atomic E-state index is 0.0419. The van der Waals surface area contributed by atoms with Crippen LogP contribution in [0, 0.1) is 0 Å². The topological polar surface area (TPSA) is 112 Å². The van der Waals surface area contributed by atoms with E-state index >= 15 is 0 Å². The lowest BCUT2D eigenvalue weighted by Gasteiger charge is -2.42. The molecule has 1 aromatic heterocycles. The molecule has 1 aliphatic carbocycles. The third-order valence-corrected chi connectivity index (χ3v) is 6.70. The van der Waals surface area contributed by atoms with Crippen LogP contribution in [0.1, 0.15) is 24.8 Å². The van der Waals surface area contributed by atoms with Crippen LogP contribution in [0.2, 0.25) is 0 Å². The van der Waals surface area contributed by atoms with Crippen molar-refractivity contribution >= 4 is 21.1 Å². The molecule has 3 aromatic rings. The van der Waals surface area contributed by atoms with Gasteiger partial charge in [0.25, 0.3) is 0 Å². The van der Waals surface area contributed by atoms with Crippen molar-refractivity contribution in [2.75, 3.05) is 6.54 Å². The zero-order valence-corrected chi connectivity index (χ0v) is 15.3. The Kier molecular flexibility index (Phi) is 4.24. The van der Waals surface area contributed by atoms with Crippen molar-refractivity contribution in [3.63, 3.8) is 0 Å². The first kappa shape index (κ1) is 17.7. The maximum atomic E-state index is 12.8. The first-order valence-corrected chi connectivity index (χ1v) is 10.2. The van der Waals surface area contributed by atoms with Crippen molar-refractivity contribution in [2.45, 2.75) is 29.6 Å². The molecule has 0 unspecified atom stereocenters. The van der Waals surface area contributed by atoms with Crippen molar-refractivity contribution in [3.05, 3.63) is 74.8 Å². The first-order valence-electron chi connectivity index (χ1n) is 8.71. The predicted molar refractivity (Wildman–Crippen MR) is 102 cm³/mol. The molecule has 7 nitrogen and oxygen atoms in total.